The normalized spacial score (nSPS) is 13.4. The summed E-state index contributed by atoms with van der Waals surface area (Å²) in [7, 11) is -5.58. The van der Waals surface area contributed by atoms with Gasteiger partial charge in [0.2, 0.25) is 0 Å². The summed E-state index contributed by atoms with van der Waals surface area (Å²) >= 11 is 0. The molecule has 0 saturated carbocycles. The Bertz CT molecular complexity index is 628. The number of allylic oxidation sites excluding steroid dienone is 1. The number of hydrogen-bond donors (Lipinski definition) is 0. The molecule has 0 aliphatic heterocycles. The molecule has 25 heavy (non-hydrogen) atoms. The topological polar surface area (TPSA) is 0 Å². The third-order valence-electron chi connectivity index (χ3n) is 4.73. The van der Waals surface area contributed by atoms with Crippen molar-refractivity contribution in [2.75, 3.05) is 0 Å². The van der Waals surface area contributed by atoms with Gasteiger partial charge in [-0.2, -0.15) is 0 Å². The van der Waals surface area contributed by atoms with E-state index in [1.807, 2.05) is 0 Å². The van der Waals surface area contributed by atoms with Crippen molar-refractivity contribution in [1.29, 1.82) is 0 Å². The monoisotopic (exact) mass is 404 g/mol. The van der Waals surface area contributed by atoms with Crippen LogP contribution in [0.1, 0.15) is 0 Å². The predicted octanol–water partition coefficient (Wildman–Crippen LogP) is 6.69. The van der Waals surface area contributed by atoms with Crippen LogP contribution in [0.15, 0.2) is 46.1 Å². The molecule has 0 radical (unpaired) electrons. The minimum atomic E-state index is -1.68. The second-order valence-corrected chi connectivity index (χ2v) is 31.6. The van der Waals surface area contributed by atoms with Crippen LogP contribution in [0.4, 0.5) is 0 Å². The van der Waals surface area contributed by atoms with Gasteiger partial charge in [-0.1, -0.05) is 112 Å². The molecule has 4 heteroatoms. The first-order chi connectivity index (χ1) is 11.0. The molecule has 0 aromatic heterocycles. The molecule has 0 heterocycles. The highest BCUT2D eigenvalue weighted by atomic mass is 28.4. The van der Waals surface area contributed by atoms with E-state index in [9.17, 15) is 0 Å². The van der Waals surface area contributed by atoms with Gasteiger partial charge < -0.3 is 0 Å². The van der Waals surface area contributed by atoms with Gasteiger partial charge in [0.05, 0.1) is 16.1 Å². The van der Waals surface area contributed by atoms with Crippen LogP contribution in [0.2, 0.25) is 78.1 Å². The van der Waals surface area contributed by atoms with E-state index >= 15 is 0 Å². The highest BCUT2D eigenvalue weighted by Crippen LogP contribution is 2.29. The molecule has 0 bridgehead atoms. The van der Waals surface area contributed by atoms with Crippen LogP contribution >= 0.6 is 0 Å². The molecule has 0 nitrogen and oxygen atoms in total. The Morgan fingerprint density at radius 3 is 1.52 bits per heavy atom. The summed E-state index contributed by atoms with van der Waals surface area (Å²) in [6.45, 7) is 27.7. The minimum Gasteiger partial charge on any atom is -0.136 e. The van der Waals surface area contributed by atoms with Crippen molar-refractivity contribution in [3.8, 4) is 0 Å². The second-order valence-electron chi connectivity index (χ2n) is 11.2. The molecular formula is C21H40Si4. The van der Waals surface area contributed by atoms with Crippen molar-refractivity contribution < 1.29 is 0 Å². The Morgan fingerprint density at radius 1 is 0.720 bits per heavy atom. The summed E-state index contributed by atoms with van der Waals surface area (Å²) in [6, 6.07) is 12.5. The molecular weight excluding hydrogens is 365 g/mol. The quantitative estimate of drug-likeness (QED) is 0.366. The Kier molecular flexibility index (Phi) is 6.97. The molecule has 140 valence electrons. The summed E-state index contributed by atoms with van der Waals surface area (Å²) in [5.74, 6) is 0. The van der Waals surface area contributed by atoms with Gasteiger partial charge in [-0.25, -0.2) is 0 Å². The molecule has 0 spiro atoms. The molecule has 0 atom stereocenters. The van der Waals surface area contributed by atoms with Crippen molar-refractivity contribution >= 4 is 37.5 Å². The average Bonchev–Trinajstić information content (AvgIpc) is 2.40. The second kappa shape index (κ2) is 7.69. The lowest BCUT2D eigenvalue weighted by Gasteiger charge is -2.33. The van der Waals surface area contributed by atoms with E-state index in [0.29, 0.717) is 0 Å². The van der Waals surface area contributed by atoms with E-state index in [0.717, 1.165) is 0 Å². The van der Waals surface area contributed by atoms with Gasteiger partial charge in [0.15, 0.2) is 0 Å². The van der Waals surface area contributed by atoms with Crippen LogP contribution in [-0.2, 0) is 0 Å². The fourth-order valence-corrected chi connectivity index (χ4v) is 20.3. The molecule has 0 unspecified atom stereocenters. The SMILES string of the molecule is C[Si](C)(C)CC(=C=C([Si](C)(C)C)[Si](C)(C)C)[Si](C)(C)c1ccccc1. The van der Waals surface area contributed by atoms with Crippen molar-refractivity contribution in [3.63, 3.8) is 0 Å². The first kappa shape index (κ1) is 22.6. The lowest BCUT2D eigenvalue weighted by molar-refractivity contribution is 1.43. The largest absolute Gasteiger partial charge is 0.136 e. The van der Waals surface area contributed by atoms with Crippen molar-refractivity contribution in [2.45, 2.75) is 78.1 Å². The molecule has 0 amide bonds. The summed E-state index contributed by atoms with van der Waals surface area (Å²) in [5, 5.41) is 3.24. The number of benzene rings is 1. The van der Waals surface area contributed by atoms with Gasteiger partial charge in [0, 0.05) is 8.07 Å². The third kappa shape index (κ3) is 6.68. The van der Waals surface area contributed by atoms with Gasteiger partial charge in [0.25, 0.3) is 0 Å². The van der Waals surface area contributed by atoms with Crippen LogP contribution in [-0.4, -0.2) is 32.3 Å². The van der Waals surface area contributed by atoms with Gasteiger partial charge in [-0.15, -0.1) is 5.73 Å². The average molecular weight is 405 g/mol. The molecule has 0 aliphatic carbocycles. The summed E-state index contributed by atoms with van der Waals surface area (Å²) in [6.07, 6.45) is 0. The first-order valence-corrected chi connectivity index (χ1v) is 23.3. The van der Waals surface area contributed by atoms with E-state index < -0.39 is 32.3 Å². The van der Waals surface area contributed by atoms with Gasteiger partial charge in [0.1, 0.15) is 8.07 Å². The summed E-state index contributed by atoms with van der Waals surface area (Å²) in [5.41, 5.74) is 4.18. The van der Waals surface area contributed by atoms with Crippen LogP contribution in [0.5, 0.6) is 0 Å². The van der Waals surface area contributed by atoms with E-state index in [4.69, 9.17) is 0 Å². The highest BCUT2D eigenvalue weighted by molar-refractivity contribution is 7.05. The molecule has 0 fully saturated rings. The first-order valence-electron chi connectivity index (χ1n) is 9.62. The van der Waals surface area contributed by atoms with E-state index in [2.05, 4.69) is 108 Å². The third-order valence-corrected chi connectivity index (χ3v) is 17.8. The predicted molar refractivity (Wildman–Crippen MR) is 129 cm³/mol. The van der Waals surface area contributed by atoms with E-state index in [1.54, 1.807) is 15.2 Å². The standard InChI is InChI=1S/C21H40Si4/c1-22(2,3)18-20(17-21(23(4,5)6)24(7,8)9)25(10,11)19-15-13-12-14-16-19/h12-16H,18H2,1-11H3. The Balaban J connectivity index is 3.76. The number of hydrogen-bond acceptors (Lipinski definition) is 0. The maximum atomic E-state index is 4.18. The molecule has 0 aliphatic rings. The van der Waals surface area contributed by atoms with E-state index in [1.165, 1.54) is 6.04 Å². The number of rotatable bonds is 6. The zero-order valence-electron chi connectivity index (χ0n) is 18.6. The maximum Gasteiger partial charge on any atom is 0.116 e. The molecule has 1 aromatic rings. The highest BCUT2D eigenvalue weighted by Gasteiger charge is 2.35. The molecule has 1 rings (SSSR count). The lowest BCUT2D eigenvalue weighted by Crippen LogP contribution is -2.46. The fraction of sp³-hybridized carbons (Fsp3) is 0.571. The smallest absolute Gasteiger partial charge is 0.116 e. The zero-order chi connectivity index (χ0) is 19.7. The van der Waals surface area contributed by atoms with Crippen molar-refractivity contribution in [3.05, 3.63) is 46.1 Å². The molecule has 0 saturated heterocycles. The summed E-state index contributed by atoms with van der Waals surface area (Å²) in [4.78, 5) is 1.74. The Morgan fingerprint density at radius 2 is 1.16 bits per heavy atom. The molecule has 1 aromatic carbocycles. The van der Waals surface area contributed by atoms with Crippen molar-refractivity contribution in [1.82, 2.24) is 0 Å². The van der Waals surface area contributed by atoms with Crippen LogP contribution in [0.3, 0.4) is 0 Å². The van der Waals surface area contributed by atoms with Gasteiger partial charge >= 0.3 is 0 Å². The molecule has 0 N–H and O–H groups in total. The van der Waals surface area contributed by atoms with Gasteiger partial charge in [-0.3, -0.25) is 0 Å². The minimum absolute atomic E-state index is 1.20. The maximum absolute atomic E-state index is 4.18. The van der Waals surface area contributed by atoms with E-state index in [-0.39, 0.29) is 0 Å². The van der Waals surface area contributed by atoms with Crippen LogP contribution < -0.4 is 5.19 Å². The summed E-state index contributed by atoms with van der Waals surface area (Å²) < 4.78 is 0. The fourth-order valence-electron chi connectivity index (χ4n) is 3.63. The Hall–Kier alpha value is -0.392. The lowest BCUT2D eigenvalue weighted by atomic mass is 10.4. The Labute approximate surface area is 161 Å². The van der Waals surface area contributed by atoms with Crippen LogP contribution in [0, 0.1) is 0 Å². The van der Waals surface area contributed by atoms with Gasteiger partial charge in [-0.05, 0) is 11.2 Å². The van der Waals surface area contributed by atoms with Crippen LogP contribution in [0.25, 0.3) is 0 Å². The zero-order valence-corrected chi connectivity index (χ0v) is 22.6. The van der Waals surface area contributed by atoms with Crippen molar-refractivity contribution in [2.24, 2.45) is 0 Å².